The topological polar surface area (TPSA) is 49.4 Å². The van der Waals surface area contributed by atoms with Gasteiger partial charge in [0.1, 0.15) is 5.54 Å². The van der Waals surface area contributed by atoms with E-state index < -0.39 is 11.6 Å². The number of urea groups is 1. The Morgan fingerprint density at radius 2 is 1.75 bits per heavy atom. The molecule has 0 aromatic heterocycles. The first kappa shape index (κ1) is 16.8. The van der Waals surface area contributed by atoms with Crippen LogP contribution in [-0.2, 0) is 16.9 Å². The highest BCUT2D eigenvalue weighted by Gasteiger charge is 2.49. The third-order valence-electron chi connectivity index (χ3n) is 4.21. The standard InChI is InChI=1S/C18H16Cl2N2O2/c1-11-3-5-12(6-4-11)10-22-16(23)18(2,21-17(22)24)14-8-7-13(19)9-15(14)20/h3-9H,10H2,1-2H3,(H,21,24)/t18-/m1/s1. The number of carbonyl (C=O) groups is 2. The summed E-state index contributed by atoms with van der Waals surface area (Å²) in [6, 6.07) is 12.1. The van der Waals surface area contributed by atoms with Crippen LogP contribution in [0.4, 0.5) is 4.79 Å². The summed E-state index contributed by atoms with van der Waals surface area (Å²) in [5.74, 6) is -0.336. The molecular formula is C18H16Cl2N2O2. The van der Waals surface area contributed by atoms with E-state index in [0.717, 1.165) is 11.1 Å². The zero-order valence-corrected chi connectivity index (χ0v) is 14.8. The molecule has 0 spiro atoms. The minimum absolute atomic E-state index is 0.214. The van der Waals surface area contributed by atoms with Crippen molar-refractivity contribution in [2.45, 2.75) is 25.9 Å². The van der Waals surface area contributed by atoms with Gasteiger partial charge < -0.3 is 5.32 Å². The van der Waals surface area contributed by atoms with Crippen molar-refractivity contribution in [1.82, 2.24) is 10.2 Å². The van der Waals surface area contributed by atoms with Crippen LogP contribution >= 0.6 is 23.2 Å². The molecule has 0 bridgehead atoms. The zero-order valence-electron chi connectivity index (χ0n) is 13.3. The number of amides is 3. The molecule has 6 heteroatoms. The molecule has 4 nitrogen and oxygen atoms in total. The molecule has 0 aliphatic carbocycles. The van der Waals surface area contributed by atoms with Crippen molar-refractivity contribution in [3.05, 3.63) is 69.2 Å². The summed E-state index contributed by atoms with van der Waals surface area (Å²) in [5, 5.41) is 3.56. The molecule has 1 N–H and O–H groups in total. The number of rotatable bonds is 3. The molecule has 0 unspecified atom stereocenters. The lowest BCUT2D eigenvalue weighted by atomic mass is 9.92. The van der Waals surface area contributed by atoms with Crippen LogP contribution in [0.3, 0.4) is 0 Å². The summed E-state index contributed by atoms with van der Waals surface area (Å²) < 4.78 is 0. The molecular weight excluding hydrogens is 347 g/mol. The van der Waals surface area contributed by atoms with Gasteiger partial charge in [-0.15, -0.1) is 0 Å². The molecule has 1 heterocycles. The summed E-state index contributed by atoms with van der Waals surface area (Å²) in [5.41, 5.74) is 1.33. The lowest BCUT2D eigenvalue weighted by molar-refractivity contribution is -0.131. The van der Waals surface area contributed by atoms with E-state index in [2.05, 4.69) is 5.32 Å². The first-order chi connectivity index (χ1) is 11.3. The molecule has 1 aliphatic heterocycles. The van der Waals surface area contributed by atoms with Crippen molar-refractivity contribution < 1.29 is 9.59 Å². The Kier molecular flexibility index (Phi) is 4.28. The molecule has 3 rings (SSSR count). The van der Waals surface area contributed by atoms with E-state index in [1.54, 1.807) is 25.1 Å². The molecule has 1 atom stereocenters. The van der Waals surface area contributed by atoms with Gasteiger partial charge in [0.25, 0.3) is 5.91 Å². The van der Waals surface area contributed by atoms with Gasteiger partial charge in [0.15, 0.2) is 0 Å². The first-order valence-corrected chi connectivity index (χ1v) is 8.22. The highest BCUT2D eigenvalue weighted by atomic mass is 35.5. The Morgan fingerprint density at radius 1 is 1.08 bits per heavy atom. The van der Waals surface area contributed by atoms with Crippen LogP contribution in [0.25, 0.3) is 0 Å². The quantitative estimate of drug-likeness (QED) is 0.828. The number of hydrogen-bond acceptors (Lipinski definition) is 2. The van der Waals surface area contributed by atoms with Gasteiger partial charge in [-0.2, -0.15) is 0 Å². The average molecular weight is 363 g/mol. The lowest BCUT2D eigenvalue weighted by Crippen LogP contribution is -2.41. The Bertz CT molecular complexity index is 820. The zero-order chi connectivity index (χ0) is 17.5. The summed E-state index contributed by atoms with van der Waals surface area (Å²) in [4.78, 5) is 26.4. The minimum atomic E-state index is -1.20. The Morgan fingerprint density at radius 3 is 2.38 bits per heavy atom. The van der Waals surface area contributed by atoms with Crippen LogP contribution in [0.2, 0.25) is 10.0 Å². The molecule has 2 aromatic carbocycles. The highest BCUT2D eigenvalue weighted by Crippen LogP contribution is 2.35. The van der Waals surface area contributed by atoms with Gasteiger partial charge in [0, 0.05) is 15.6 Å². The van der Waals surface area contributed by atoms with E-state index in [4.69, 9.17) is 23.2 Å². The number of benzene rings is 2. The summed E-state index contributed by atoms with van der Waals surface area (Å²) in [7, 11) is 0. The molecule has 1 saturated heterocycles. The molecule has 3 amide bonds. The smallest absolute Gasteiger partial charge is 0.319 e. The largest absolute Gasteiger partial charge is 0.325 e. The Balaban J connectivity index is 1.91. The lowest BCUT2D eigenvalue weighted by Gasteiger charge is -2.23. The van der Waals surface area contributed by atoms with Gasteiger partial charge in [0.05, 0.1) is 6.54 Å². The van der Waals surface area contributed by atoms with Crippen molar-refractivity contribution in [1.29, 1.82) is 0 Å². The fourth-order valence-electron chi connectivity index (χ4n) is 2.79. The van der Waals surface area contributed by atoms with Gasteiger partial charge in [-0.3, -0.25) is 9.69 Å². The molecule has 1 aliphatic rings. The van der Waals surface area contributed by atoms with Crippen molar-refractivity contribution in [2.24, 2.45) is 0 Å². The number of carbonyl (C=O) groups excluding carboxylic acids is 2. The summed E-state index contributed by atoms with van der Waals surface area (Å²) >= 11 is 12.1. The first-order valence-electron chi connectivity index (χ1n) is 7.46. The van der Waals surface area contributed by atoms with Gasteiger partial charge in [0.2, 0.25) is 0 Å². The number of nitrogens with zero attached hydrogens (tertiary/aromatic N) is 1. The summed E-state index contributed by atoms with van der Waals surface area (Å²) in [6.07, 6.45) is 0. The number of hydrogen-bond donors (Lipinski definition) is 1. The van der Waals surface area contributed by atoms with Gasteiger partial charge in [-0.25, -0.2) is 4.79 Å². The molecule has 2 aromatic rings. The average Bonchev–Trinajstić information content (AvgIpc) is 2.73. The fraction of sp³-hybridized carbons (Fsp3) is 0.222. The van der Waals surface area contributed by atoms with Crippen LogP contribution in [-0.4, -0.2) is 16.8 Å². The van der Waals surface area contributed by atoms with E-state index in [1.807, 2.05) is 31.2 Å². The van der Waals surface area contributed by atoms with Crippen LogP contribution in [0.1, 0.15) is 23.6 Å². The maximum atomic E-state index is 12.9. The maximum Gasteiger partial charge on any atom is 0.325 e. The normalized spacial score (nSPS) is 20.4. The van der Waals surface area contributed by atoms with E-state index in [0.29, 0.717) is 15.6 Å². The fourth-order valence-corrected chi connectivity index (χ4v) is 3.39. The van der Waals surface area contributed by atoms with E-state index in [1.165, 1.54) is 4.90 Å². The monoisotopic (exact) mass is 362 g/mol. The van der Waals surface area contributed by atoms with E-state index in [-0.39, 0.29) is 12.5 Å². The molecule has 124 valence electrons. The number of imide groups is 1. The van der Waals surface area contributed by atoms with Gasteiger partial charge in [-0.1, -0.05) is 59.1 Å². The molecule has 0 radical (unpaired) electrons. The minimum Gasteiger partial charge on any atom is -0.319 e. The van der Waals surface area contributed by atoms with E-state index in [9.17, 15) is 9.59 Å². The number of nitrogens with one attached hydrogen (secondary N) is 1. The molecule has 1 fully saturated rings. The Labute approximate surface area is 150 Å². The van der Waals surface area contributed by atoms with Crippen molar-refractivity contribution in [3.8, 4) is 0 Å². The van der Waals surface area contributed by atoms with Gasteiger partial charge in [-0.05, 0) is 31.5 Å². The van der Waals surface area contributed by atoms with Crippen molar-refractivity contribution >= 4 is 35.1 Å². The number of halogens is 2. The predicted molar refractivity (Wildman–Crippen MR) is 94.1 cm³/mol. The predicted octanol–water partition coefficient (Wildman–Crippen LogP) is 4.27. The second kappa shape index (κ2) is 6.11. The molecule has 0 saturated carbocycles. The summed E-state index contributed by atoms with van der Waals surface area (Å²) in [6.45, 7) is 3.85. The second-order valence-electron chi connectivity index (χ2n) is 6.06. The third kappa shape index (κ3) is 2.87. The van der Waals surface area contributed by atoms with Crippen LogP contribution in [0.15, 0.2) is 42.5 Å². The van der Waals surface area contributed by atoms with Crippen LogP contribution in [0.5, 0.6) is 0 Å². The second-order valence-corrected chi connectivity index (χ2v) is 6.90. The highest BCUT2D eigenvalue weighted by molar-refractivity contribution is 6.35. The van der Waals surface area contributed by atoms with Crippen molar-refractivity contribution in [2.75, 3.05) is 0 Å². The van der Waals surface area contributed by atoms with Crippen LogP contribution in [0, 0.1) is 6.92 Å². The van der Waals surface area contributed by atoms with E-state index >= 15 is 0 Å². The number of aryl methyl sites for hydroxylation is 1. The van der Waals surface area contributed by atoms with Crippen LogP contribution < -0.4 is 5.32 Å². The SMILES string of the molecule is Cc1ccc(CN2C(=O)N[C@](C)(c3ccc(Cl)cc3Cl)C2=O)cc1. The van der Waals surface area contributed by atoms with Gasteiger partial charge >= 0.3 is 6.03 Å². The Hall–Kier alpha value is -2.04. The van der Waals surface area contributed by atoms with Crippen molar-refractivity contribution in [3.63, 3.8) is 0 Å². The molecule has 24 heavy (non-hydrogen) atoms. The third-order valence-corrected chi connectivity index (χ3v) is 4.75. The maximum absolute atomic E-state index is 12.9.